The molecule has 1 amide bonds. The second kappa shape index (κ2) is 6.54. The van der Waals surface area contributed by atoms with Gasteiger partial charge >= 0.3 is 0 Å². The molecular weight excluding hydrogens is 301 g/mol. The first-order valence-electron chi connectivity index (χ1n) is 7.37. The van der Waals surface area contributed by atoms with E-state index in [4.69, 9.17) is 0 Å². The number of hydrogen-bond acceptors (Lipinski definition) is 4. The molecule has 0 radical (unpaired) electrons. The Morgan fingerprint density at radius 2 is 2.27 bits per heavy atom. The predicted octanol–water partition coefficient (Wildman–Crippen LogP) is 2.68. The van der Waals surface area contributed by atoms with Gasteiger partial charge in [0.2, 0.25) is 0 Å². The fourth-order valence-electron chi connectivity index (χ4n) is 2.56. The van der Waals surface area contributed by atoms with Gasteiger partial charge in [0.15, 0.2) is 0 Å². The molecule has 2 heterocycles. The molecule has 0 spiro atoms. The third-order valence-corrected chi connectivity index (χ3v) is 5.01. The van der Waals surface area contributed by atoms with Crippen LogP contribution in [0, 0.1) is 11.7 Å². The van der Waals surface area contributed by atoms with Crippen LogP contribution in [0.3, 0.4) is 0 Å². The number of aromatic nitrogens is 1. The molecule has 1 fully saturated rings. The molecule has 1 aliphatic heterocycles. The normalized spacial score (nSPS) is 21.5. The summed E-state index contributed by atoms with van der Waals surface area (Å²) in [6.07, 6.45) is 2.57. The van der Waals surface area contributed by atoms with E-state index in [9.17, 15) is 9.18 Å². The molecule has 2 unspecified atom stereocenters. The van der Waals surface area contributed by atoms with Crippen molar-refractivity contribution >= 4 is 17.2 Å². The Labute approximate surface area is 132 Å². The van der Waals surface area contributed by atoms with Crippen LogP contribution in [0.25, 0.3) is 10.6 Å². The fraction of sp³-hybridized carbons (Fsp3) is 0.375. The molecule has 4 nitrogen and oxygen atoms in total. The maximum absolute atomic E-state index is 13.8. The van der Waals surface area contributed by atoms with Crippen molar-refractivity contribution in [2.75, 3.05) is 13.1 Å². The summed E-state index contributed by atoms with van der Waals surface area (Å²) in [5, 5.41) is 6.85. The van der Waals surface area contributed by atoms with Crippen molar-refractivity contribution in [2.45, 2.75) is 19.4 Å². The number of halogens is 1. The van der Waals surface area contributed by atoms with E-state index in [1.54, 1.807) is 18.2 Å². The number of nitrogens with one attached hydrogen (secondary N) is 2. The van der Waals surface area contributed by atoms with Crippen molar-refractivity contribution in [3.63, 3.8) is 0 Å². The number of carbonyl (C=O) groups is 1. The lowest BCUT2D eigenvalue weighted by Crippen LogP contribution is -2.50. The second-order valence-electron chi connectivity index (χ2n) is 5.56. The van der Waals surface area contributed by atoms with Crippen LogP contribution in [0.5, 0.6) is 0 Å². The molecule has 0 aliphatic carbocycles. The van der Waals surface area contributed by atoms with Gasteiger partial charge in [-0.15, -0.1) is 11.3 Å². The quantitative estimate of drug-likeness (QED) is 0.914. The van der Waals surface area contributed by atoms with Gasteiger partial charge in [0.25, 0.3) is 5.91 Å². The maximum Gasteiger partial charge on any atom is 0.263 e. The van der Waals surface area contributed by atoms with Crippen molar-refractivity contribution in [2.24, 2.45) is 5.92 Å². The molecule has 1 aromatic heterocycles. The summed E-state index contributed by atoms with van der Waals surface area (Å²) in [6.45, 7) is 3.92. The summed E-state index contributed by atoms with van der Waals surface area (Å²) in [7, 11) is 0. The van der Waals surface area contributed by atoms with Crippen molar-refractivity contribution in [1.82, 2.24) is 15.6 Å². The third-order valence-electron chi connectivity index (χ3n) is 3.98. The number of carbonyl (C=O) groups excluding carboxylic acids is 1. The van der Waals surface area contributed by atoms with E-state index in [2.05, 4.69) is 22.5 Å². The summed E-state index contributed by atoms with van der Waals surface area (Å²) in [5.41, 5.74) is 0.430. The topological polar surface area (TPSA) is 54.0 Å². The minimum absolute atomic E-state index is 0.125. The largest absolute Gasteiger partial charge is 0.347 e. The summed E-state index contributed by atoms with van der Waals surface area (Å²) in [5.74, 6) is -0.0151. The summed E-state index contributed by atoms with van der Waals surface area (Å²) < 4.78 is 13.8. The predicted molar refractivity (Wildman–Crippen MR) is 85.4 cm³/mol. The van der Waals surface area contributed by atoms with Crippen LogP contribution in [-0.2, 0) is 0 Å². The van der Waals surface area contributed by atoms with Crippen LogP contribution in [0.15, 0.2) is 30.5 Å². The molecule has 2 atom stereocenters. The monoisotopic (exact) mass is 319 g/mol. The van der Waals surface area contributed by atoms with Crippen molar-refractivity contribution in [1.29, 1.82) is 0 Å². The minimum atomic E-state index is -0.325. The van der Waals surface area contributed by atoms with Gasteiger partial charge in [-0.25, -0.2) is 9.37 Å². The zero-order valence-corrected chi connectivity index (χ0v) is 13.1. The number of nitrogens with zero attached hydrogens (tertiary/aromatic N) is 1. The van der Waals surface area contributed by atoms with Crippen LogP contribution in [-0.4, -0.2) is 30.0 Å². The average Bonchev–Trinajstić information content (AvgIpc) is 3.00. The zero-order valence-electron chi connectivity index (χ0n) is 12.3. The Hall–Kier alpha value is -1.79. The highest BCUT2D eigenvalue weighted by molar-refractivity contribution is 7.16. The summed E-state index contributed by atoms with van der Waals surface area (Å²) in [4.78, 5) is 17.0. The Bertz CT molecular complexity index is 673. The molecule has 0 bridgehead atoms. The molecule has 0 saturated carbocycles. The molecular formula is C16H18FN3OS. The summed E-state index contributed by atoms with van der Waals surface area (Å²) in [6, 6.07) is 6.58. The lowest BCUT2D eigenvalue weighted by atomic mass is 9.95. The Kier molecular flexibility index (Phi) is 4.49. The van der Waals surface area contributed by atoms with Gasteiger partial charge in [0.1, 0.15) is 15.7 Å². The van der Waals surface area contributed by atoms with E-state index in [-0.39, 0.29) is 17.8 Å². The number of rotatable bonds is 3. The molecule has 6 heteroatoms. The van der Waals surface area contributed by atoms with Gasteiger partial charge in [-0.2, -0.15) is 0 Å². The highest BCUT2D eigenvalue weighted by atomic mass is 32.1. The van der Waals surface area contributed by atoms with Crippen LogP contribution >= 0.6 is 11.3 Å². The first kappa shape index (κ1) is 15.1. The summed E-state index contributed by atoms with van der Waals surface area (Å²) >= 11 is 1.21. The van der Waals surface area contributed by atoms with Gasteiger partial charge in [-0.1, -0.05) is 19.1 Å². The zero-order chi connectivity index (χ0) is 15.5. The van der Waals surface area contributed by atoms with Gasteiger partial charge in [-0.05, 0) is 31.0 Å². The van der Waals surface area contributed by atoms with Crippen LogP contribution < -0.4 is 10.6 Å². The number of hydrogen-bond donors (Lipinski definition) is 2. The minimum Gasteiger partial charge on any atom is -0.347 e. The molecule has 1 aromatic carbocycles. The van der Waals surface area contributed by atoms with Gasteiger partial charge < -0.3 is 10.6 Å². The molecule has 1 aliphatic rings. The Balaban J connectivity index is 1.73. The van der Waals surface area contributed by atoms with Crippen LogP contribution in [0.1, 0.15) is 23.0 Å². The molecule has 3 rings (SSSR count). The highest BCUT2D eigenvalue weighted by Gasteiger charge is 2.24. The molecule has 1 saturated heterocycles. The van der Waals surface area contributed by atoms with Crippen LogP contribution in [0.2, 0.25) is 0 Å². The Morgan fingerprint density at radius 1 is 1.45 bits per heavy atom. The van der Waals surface area contributed by atoms with E-state index in [1.165, 1.54) is 23.6 Å². The molecule has 2 aromatic rings. The second-order valence-corrected chi connectivity index (χ2v) is 6.59. The van der Waals surface area contributed by atoms with E-state index in [0.717, 1.165) is 19.5 Å². The lowest BCUT2D eigenvalue weighted by Gasteiger charge is -2.29. The average molecular weight is 319 g/mol. The smallest absolute Gasteiger partial charge is 0.263 e. The van der Waals surface area contributed by atoms with Crippen molar-refractivity contribution in [3.8, 4) is 10.6 Å². The van der Waals surface area contributed by atoms with Gasteiger partial charge in [-0.3, -0.25) is 4.79 Å². The molecule has 22 heavy (non-hydrogen) atoms. The molecule has 2 N–H and O–H groups in total. The SMILES string of the molecule is CC1CCNCC1NC(=O)c1cnc(-c2ccccc2F)s1. The van der Waals surface area contributed by atoms with Gasteiger partial charge in [0.05, 0.1) is 6.20 Å². The van der Waals surface area contributed by atoms with E-state index < -0.39 is 0 Å². The number of amides is 1. The number of thiazole rings is 1. The van der Waals surface area contributed by atoms with E-state index in [1.807, 2.05) is 0 Å². The fourth-order valence-corrected chi connectivity index (χ4v) is 3.41. The van der Waals surface area contributed by atoms with Crippen molar-refractivity contribution in [3.05, 3.63) is 41.2 Å². The van der Waals surface area contributed by atoms with Crippen LogP contribution in [0.4, 0.5) is 4.39 Å². The van der Waals surface area contributed by atoms with E-state index in [0.29, 0.717) is 21.4 Å². The third kappa shape index (κ3) is 3.18. The lowest BCUT2D eigenvalue weighted by molar-refractivity contribution is 0.0919. The highest BCUT2D eigenvalue weighted by Crippen LogP contribution is 2.27. The van der Waals surface area contributed by atoms with Crippen molar-refractivity contribution < 1.29 is 9.18 Å². The first-order chi connectivity index (χ1) is 10.6. The number of piperidine rings is 1. The van der Waals surface area contributed by atoms with E-state index >= 15 is 0 Å². The number of benzene rings is 1. The standard InChI is InChI=1S/C16H18FN3OS/c1-10-6-7-18-8-13(10)20-15(21)14-9-19-16(22-14)11-4-2-3-5-12(11)17/h2-5,9-10,13,18H,6-8H2,1H3,(H,20,21). The first-order valence-corrected chi connectivity index (χ1v) is 8.19. The molecule has 116 valence electrons. The maximum atomic E-state index is 13.8. The van der Waals surface area contributed by atoms with Gasteiger partial charge in [0, 0.05) is 18.2 Å². The Morgan fingerprint density at radius 3 is 3.05 bits per heavy atom.